The highest BCUT2D eigenvalue weighted by molar-refractivity contribution is 7.99. The fraction of sp³-hybridized carbons (Fsp3) is 0.412. The van der Waals surface area contributed by atoms with E-state index in [0.29, 0.717) is 11.7 Å². The highest BCUT2D eigenvalue weighted by Crippen LogP contribution is 2.18. The number of carbonyl (C=O) groups excluding carboxylic acids is 1. The van der Waals surface area contributed by atoms with Gasteiger partial charge in [0, 0.05) is 0 Å². The lowest BCUT2D eigenvalue weighted by Crippen LogP contribution is -2.49. The molecule has 1 aromatic heterocycles. The predicted octanol–water partition coefficient (Wildman–Crippen LogP) is 1.77. The Morgan fingerprint density at radius 3 is 2.72 bits per heavy atom. The second kappa shape index (κ2) is 8.03. The van der Waals surface area contributed by atoms with Crippen molar-refractivity contribution in [3.8, 4) is 6.07 Å². The molecule has 0 aliphatic rings. The maximum atomic E-state index is 12.2. The Kier molecular flexibility index (Phi) is 6.04. The van der Waals surface area contributed by atoms with Gasteiger partial charge in [0.05, 0.1) is 18.4 Å². The summed E-state index contributed by atoms with van der Waals surface area (Å²) in [7, 11) is 0. The van der Waals surface area contributed by atoms with E-state index in [0.717, 1.165) is 17.3 Å². The molecule has 7 nitrogen and oxygen atoms in total. The molecule has 0 radical (unpaired) electrons. The summed E-state index contributed by atoms with van der Waals surface area (Å²) in [6.45, 7) is 5.83. The van der Waals surface area contributed by atoms with Gasteiger partial charge in [0.25, 0.3) is 0 Å². The van der Waals surface area contributed by atoms with Crippen molar-refractivity contribution >= 4 is 17.7 Å². The number of nitrogens with zero attached hydrogens (tertiary/aromatic N) is 3. The molecule has 25 heavy (non-hydrogen) atoms. The minimum absolute atomic E-state index is 0.0203. The number of rotatable bonds is 7. The van der Waals surface area contributed by atoms with Gasteiger partial charge >= 0.3 is 5.69 Å². The third-order valence-corrected chi connectivity index (χ3v) is 5.00. The number of hydrogen-bond acceptors (Lipinski definition) is 5. The Morgan fingerprint density at radius 2 is 2.12 bits per heavy atom. The van der Waals surface area contributed by atoms with Crippen LogP contribution in [0.2, 0.25) is 0 Å². The molecule has 1 unspecified atom stereocenters. The van der Waals surface area contributed by atoms with Crippen molar-refractivity contribution in [1.29, 1.82) is 5.26 Å². The van der Waals surface area contributed by atoms with Gasteiger partial charge in [-0.3, -0.25) is 9.36 Å². The molecule has 0 fully saturated rings. The van der Waals surface area contributed by atoms with Gasteiger partial charge in [-0.05, 0) is 18.4 Å². The van der Waals surface area contributed by atoms with Gasteiger partial charge < -0.3 is 5.32 Å². The van der Waals surface area contributed by atoms with E-state index in [4.69, 9.17) is 0 Å². The number of aromatic nitrogens is 3. The zero-order chi connectivity index (χ0) is 18.4. The molecular formula is C17H21N5O2S. The second-order valence-electron chi connectivity index (χ2n) is 6.19. The Labute approximate surface area is 150 Å². The van der Waals surface area contributed by atoms with Gasteiger partial charge in [-0.2, -0.15) is 5.26 Å². The van der Waals surface area contributed by atoms with Crippen LogP contribution in [0.15, 0.2) is 40.3 Å². The molecule has 132 valence electrons. The summed E-state index contributed by atoms with van der Waals surface area (Å²) in [5.41, 5.74) is -0.280. The molecule has 1 heterocycles. The summed E-state index contributed by atoms with van der Waals surface area (Å²) in [4.78, 5) is 24.1. The molecule has 0 bridgehead atoms. The molecule has 0 spiro atoms. The average molecular weight is 359 g/mol. The lowest BCUT2D eigenvalue weighted by Gasteiger charge is -2.27. The highest BCUT2D eigenvalue weighted by atomic mass is 32.2. The molecule has 0 aliphatic carbocycles. The highest BCUT2D eigenvalue weighted by Gasteiger charge is 2.30. The standard InChI is InChI=1S/C17H21N5O2S/c1-12(2)17(3,11-18)19-14(23)10-25-16-21-20-15(24)22(16)9-13-7-5-4-6-8-13/h4-8,12H,9-10H2,1-3H3,(H,19,23)(H,20,24). The summed E-state index contributed by atoms with van der Waals surface area (Å²) in [5, 5.41) is 18.8. The Balaban J connectivity index is 2.03. The number of hydrogen-bond donors (Lipinski definition) is 2. The smallest absolute Gasteiger partial charge is 0.337 e. The van der Waals surface area contributed by atoms with E-state index in [-0.39, 0.29) is 23.3 Å². The van der Waals surface area contributed by atoms with E-state index in [1.165, 1.54) is 4.57 Å². The summed E-state index contributed by atoms with van der Waals surface area (Å²) >= 11 is 1.16. The van der Waals surface area contributed by atoms with Crippen LogP contribution in [0.4, 0.5) is 0 Å². The monoisotopic (exact) mass is 359 g/mol. The van der Waals surface area contributed by atoms with Gasteiger partial charge in [0.2, 0.25) is 5.91 Å². The predicted molar refractivity (Wildman–Crippen MR) is 96.1 cm³/mol. The zero-order valence-corrected chi connectivity index (χ0v) is 15.3. The molecule has 0 saturated carbocycles. The number of carbonyl (C=O) groups is 1. The molecule has 8 heteroatoms. The van der Waals surface area contributed by atoms with Crippen LogP contribution in [-0.2, 0) is 11.3 Å². The van der Waals surface area contributed by atoms with E-state index in [9.17, 15) is 14.9 Å². The molecule has 0 saturated heterocycles. The van der Waals surface area contributed by atoms with Crippen molar-refractivity contribution in [3.63, 3.8) is 0 Å². The molecule has 2 N–H and O–H groups in total. The lowest BCUT2D eigenvalue weighted by atomic mass is 9.90. The normalized spacial score (nSPS) is 13.2. The fourth-order valence-corrected chi connectivity index (χ4v) is 2.82. The van der Waals surface area contributed by atoms with Crippen LogP contribution in [-0.4, -0.2) is 32.0 Å². The molecule has 0 aliphatic heterocycles. The number of nitriles is 1. The maximum absolute atomic E-state index is 12.2. The van der Waals surface area contributed by atoms with Crippen molar-refractivity contribution in [1.82, 2.24) is 20.1 Å². The number of H-pyrrole nitrogens is 1. The molecule has 1 amide bonds. The molecular weight excluding hydrogens is 338 g/mol. The van der Waals surface area contributed by atoms with E-state index >= 15 is 0 Å². The zero-order valence-electron chi connectivity index (χ0n) is 14.4. The summed E-state index contributed by atoms with van der Waals surface area (Å²) in [6.07, 6.45) is 0. The topological polar surface area (TPSA) is 104 Å². The minimum Gasteiger partial charge on any atom is -0.337 e. The molecule has 1 atom stereocenters. The summed E-state index contributed by atoms with van der Waals surface area (Å²) in [5.74, 6) is -0.221. The minimum atomic E-state index is -0.924. The first-order valence-corrected chi connectivity index (χ1v) is 8.88. The first-order valence-electron chi connectivity index (χ1n) is 7.90. The number of amides is 1. The quantitative estimate of drug-likeness (QED) is 0.733. The second-order valence-corrected chi connectivity index (χ2v) is 7.13. The van der Waals surface area contributed by atoms with Crippen molar-refractivity contribution in [2.75, 3.05) is 5.75 Å². The number of aromatic amines is 1. The van der Waals surface area contributed by atoms with Gasteiger partial charge in [0.1, 0.15) is 5.54 Å². The maximum Gasteiger partial charge on any atom is 0.344 e. The van der Waals surface area contributed by atoms with Crippen LogP contribution < -0.4 is 11.0 Å². The Bertz CT molecular complexity index is 822. The Morgan fingerprint density at radius 1 is 1.44 bits per heavy atom. The molecule has 1 aromatic carbocycles. The fourth-order valence-electron chi connectivity index (χ4n) is 2.08. The van der Waals surface area contributed by atoms with E-state index < -0.39 is 5.54 Å². The summed E-state index contributed by atoms with van der Waals surface area (Å²) in [6, 6.07) is 11.7. The van der Waals surface area contributed by atoms with Crippen LogP contribution >= 0.6 is 11.8 Å². The van der Waals surface area contributed by atoms with Gasteiger partial charge in [0.15, 0.2) is 5.16 Å². The van der Waals surface area contributed by atoms with E-state index in [2.05, 4.69) is 21.6 Å². The summed E-state index contributed by atoms with van der Waals surface area (Å²) < 4.78 is 1.49. The van der Waals surface area contributed by atoms with E-state index in [1.807, 2.05) is 44.2 Å². The average Bonchev–Trinajstić information content (AvgIpc) is 2.94. The van der Waals surface area contributed by atoms with Crippen LogP contribution in [0.1, 0.15) is 26.3 Å². The van der Waals surface area contributed by atoms with Crippen molar-refractivity contribution in [3.05, 3.63) is 46.4 Å². The van der Waals surface area contributed by atoms with Crippen molar-refractivity contribution in [2.45, 2.75) is 38.0 Å². The third kappa shape index (κ3) is 4.73. The van der Waals surface area contributed by atoms with Gasteiger partial charge in [-0.15, -0.1) is 5.10 Å². The molecule has 2 aromatic rings. The van der Waals surface area contributed by atoms with E-state index in [1.54, 1.807) is 6.92 Å². The Hall–Kier alpha value is -2.53. The first-order chi connectivity index (χ1) is 11.9. The van der Waals surface area contributed by atoms with Crippen LogP contribution in [0.5, 0.6) is 0 Å². The van der Waals surface area contributed by atoms with Gasteiger partial charge in [-0.25, -0.2) is 9.89 Å². The van der Waals surface area contributed by atoms with Crippen LogP contribution in [0, 0.1) is 17.2 Å². The molecule has 2 rings (SSSR count). The van der Waals surface area contributed by atoms with Crippen LogP contribution in [0.25, 0.3) is 0 Å². The van der Waals surface area contributed by atoms with Crippen molar-refractivity contribution in [2.24, 2.45) is 5.92 Å². The number of nitrogens with one attached hydrogen (secondary N) is 2. The number of thioether (sulfide) groups is 1. The SMILES string of the molecule is CC(C)C(C)(C#N)NC(=O)CSc1n[nH]c(=O)n1Cc1ccccc1. The third-order valence-electron chi connectivity index (χ3n) is 4.03. The first kappa shape index (κ1) is 18.8. The largest absolute Gasteiger partial charge is 0.344 e. The number of benzene rings is 1. The van der Waals surface area contributed by atoms with Crippen molar-refractivity contribution < 1.29 is 4.79 Å². The lowest BCUT2D eigenvalue weighted by molar-refractivity contribution is -0.120. The van der Waals surface area contributed by atoms with Crippen LogP contribution in [0.3, 0.4) is 0 Å². The van der Waals surface area contributed by atoms with Gasteiger partial charge in [-0.1, -0.05) is 55.9 Å².